The number of nitrogens with zero attached hydrogens (tertiary/aromatic N) is 2. The lowest BCUT2D eigenvalue weighted by molar-refractivity contribution is 0.179. The molecule has 0 saturated carbocycles. The minimum Gasteiger partial charge on any atom is -0.427 e. The lowest BCUT2D eigenvalue weighted by Gasteiger charge is -1.86. The van der Waals surface area contributed by atoms with E-state index in [9.17, 15) is 0 Å². The predicted octanol–water partition coefficient (Wildman–Crippen LogP) is 1.46. The van der Waals surface area contributed by atoms with Crippen molar-refractivity contribution in [3.05, 3.63) is 18.2 Å². The van der Waals surface area contributed by atoms with Gasteiger partial charge in [-0.15, -0.1) is 0 Å². The molecule has 1 aromatic rings. The minimum absolute atomic E-state index is 0.611. The summed E-state index contributed by atoms with van der Waals surface area (Å²) in [6, 6.07) is 0. The standard InChI is InChI=1S/C4H6N2O.C2H6/c1-4-5-2-3-6(4)7;1-2/h2-3,7H,1H3;1-2H3. The maximum atomic E-state index is 8.61. The highest BCUT2D eigenvalue weighted by Crippen LogP contribution is 1.86. The van der Waals surface area contributed by atoms with Crippen LogP contribution < -0.4 is 0 Å². The van der Waals surface area contributed by atoms with Gasteiger partial charge in [0.1, 0.15) is 5.82 Å². The zero-order chi connectivity index (χ0) is 7.28. The molecule has 3 heteroatoms. The largest absolute Gasteiger partial charge is 0.427 e. The van der Waals surface area contributed by atoms with Gasteiger partial charge in [0.05, 0.1) is 6.20 Å². The molecule has 0 spiro atoms. The molecule has 1 aromatic heterocycles. The Morgan fingerprint density at radius 3 is 2.22 bits per heavy atom. The van der Waals surface area contributed by atoms with Crippen LogP contribution >= 0.6 is 0 Å². The monoisotopic (exact) mass is 128 g/mol. The van der Waals surface area contributed by atoms with Gasteiger partial charge in [0, 0.05) is 6.20 Å². The molecule has 0 atom stereocenters. The molecule has 0 fully saturated rings. The Labute approximate surface area is 54.9 Å². The van der Waals surface area contributed by atoms with Crippen LogP contribution in [-0.4, -0.2) is 14.9 Å². The first-order valence-electron chi connectivity index (χ1n) is 3.00. The maximum absolute atomic E-state index is 8.61. The molecule has 0 bridgehead atoms. The van der Waals surface area contributed by atoms with Crippen molar-refractivity contribution in [2.75, 3.05) is 0 Å². The summed E-state index contributed by atoms with van der Waals surface area (Å²) in [6.45, 7) is 5.72. The van der Waals surface area contributed by atoms with E-state index in [-0.39, 0.29) is 0 Å². The maximum Gasteiger partial charge on any atom is 0.141 e. The van der Waals surface area contributed by atoms with Crippen LogP contribution in [0.5, 0.6) is 0 Å². The number of aromatic nitrogens is 2. The van der Waals surface area contributed by atoms with E-state index < -0.39 is 0 Å². The molecule has 0 radical (unpaired) electrons. The van der Waals surface area contributed by atoms with E-state index in [1.54, 1.807) is 6.92 Å². The van der Waals surface area contributed by atoms with E-state index in [0.717, 1.165) is 4.73 Å². The van der Waals surface area contributed by atoms with Crippen molar-refractivity contribution in [1.29, 1.82) is 0 Å². The third-order valence-electron chi connectivity index (χ3n) is 0.801. The van der Waals surface area contributed by atoms with Crippen molar-refractivity contribution < 1.29 is 5.21 Å². The van der Waals surface area contributed by atoms with Crippen LogP contribution in [-0.2, 0) is 0 Å². The Morgan fingerprint density at radius 1 is 1.56 bits per heavy atom. The summed E-state index contributed by atoms with van der Waals surface area (Å²) in [7, 11) is 0. The summed E-state index contributed by atoms with van der Waals surface area (Å²) < 4.78 is 0.972. The van der Waals surface area contributed by atoms with Crippen molar-refractivity contribution in [3.8, 4) is 0 Å². The smallest absolute Gasteiger partial charge is 0.141 e. The fourth-order valence-corrected chi connectivity index (χ4v) is 0.371. The second-order valence-electron chi connectivity index (χ2n) is 1.32. The van der Waals surface area contributed by atoms with Crippen molar-refractivity contribution in [3.63, 3.8) is 0 Å². The third-order valence-corrected chi connectivity index (χ3v) is 0.801. The molecule has 0 aliphatic rings. The highest BCUT2D eigenvalue weighted by Gasteiger charge is 1.86. The van der Waals surface area contributed by atoms with Gasteiger partial charge in [-0.2, -0.15) is 4.73 Å². The average Bonchev–Trinajstić information content (AvgIpc) is 2.23. The Bertz CT molecular complexity index is 143. The molecular weight excluding hydrogens is 116 g/mol. The van der Waals surface area contributed by atoms with Gasteiger partial charge in [-0.1, -0.05) is 13.8 Å². The molecule has 1 rings (SSSR count). The van der Waals surface area contributed by atoms with Gasteiger partial charge in [-0.25, -0.2) is 4.98 Å². The molecule has 0 saturated heterocycles. The first kappa shape index (κ1) is 8.01. The van der Waals surface area contributed by atoms with E-state index >= 15 is 0 Å². The zero-order valence-electron chi connectivity index (χ0n) is 6.00. The molecule has 1 heterocycles. The van der Waals surface area contributed by atoms with Gasteiger partial charge >= 0.3 is 0 Å². The molecule has 52 valence electrons. The number of hydrogen-bond acceptors (Lipinski definition) is 2. The molecule has 0 unspecified atom stereocenters. The van der Waals surface area contributed by atoms with Crippen LogP contribution in [0.2, 0.25) is 0 Å². The highest BCUT2D eigenvalue weighted by atomic mass is 16.5. The van der Waals surface area contributed by atoms with Gasteiger partial charge in [0.15, 0.2) is 0 Å². The lowest BCUT2D eigenvalue weighted by atomic mass is 10.7. The SMILES string of the molecule is CC.Cc1nccn1O. The van der Waals surface area contributed by atoms with E-state index in [1.165, 1.54) is 12.4 Å². The molecule has 0 amide bonds. The summed E-state index contributed by atoms with van der Waals surface area (Å²) >= 11 is 0. The summed E-state index contributed by atoms with van der Waals surface area (Å²) in [4.78, 5) is 3.73. The molecule has 1 N–H and O–H groups in total. The van der Waals surface area contributed by atoms with Crippen LogP contribution in [0, 0.1) is 6.92 Å². The van der Waals surface area contributed by atoms with E-state index in [0.29, 0.717) is 5.82 Å². The van der Waals surface area contributed by atoms with Crippen molar-refractivity contribution in [2.24, 2.45) is 0 Å². The minimum atomic E-state index is 0.611. The fraction of sp³-hybridized carbons (Fsp3) is 0.500. The average molecular weight is 128 g/mol. The third kappa shape index (κ3) is 2.17. The lowest BCUT2D eigenvalue weighted by Crippen LogP contribution is -1.89. The van der Waals surface area contributed by atoms with Crippen molar-refractivity contribution >= 4 is 0 Å². The Balaban J connectivity index is 0.000000291. The number of aryl methyl sites for hydroxylation is 1. The van der Waals surface area contributed by atoms with Crippen LogP contribution in [0.15, 0.2) is 12.4 Å². The Hall–Kier alpha value is -0.990. The quantitative estimate of drug-likeness (QED) is 0.537. The van der Waals surface area contributed by atoms with Crippen molar-refractivity contribution in [1.82, 2.24) is 9.71 Å². The van der Waals surface area contributed by atoms with E-state index in [1.807, 2.05) is 13.8 Å². The summed E-state index contributed by atoms with van der Waals surface area (Å²) in [6.07, 6.45) is 3.02. The number of rotatable bonds is 0. The van der Waals surface area contributed by atoms with Gasteiger partial charge in [0.25, 0.3) is 0 Å². The second kappa shape index (κ2) is 3.95. The van der Waals surface area contributed by atoms with Crippen LogP contribution in [0.25, 0.3) is 0 Å². The molecule has 3 nitrogen and oxygen atoms in total. The summed E-state index contributed by atoms with van der Waals surface area (Å²) in [5.41, 5.74) is 0. The van der Waals surface area contributed by atoms with Gasteiger partial charge in [0.2, 0.25) is 0 Å². The fourth-order valence-electron chi connectivity index (χ4n) is 0.371. The number of hydrogen-bond donors (Lipinski definition) is 1. The highest BCUT2D eigenvalue weighted by molar-refractivity contribution is 4.83. The molecule has 9 heavy (non-hydrogen) atoms. The van der Waals surface area contributed by atoms with E-state index in [2.05, 4.69) is 4.98 Å². The first-order chi connectivity index (χ1) is 4.30. The van der Waals surface area contributed by atoms with E-state index in [4.69, 9.17) is 5.21 Å². The first-order valence-corrected chi connectivity index (χ1v) is 3.00. The van der Waals surface area contributed by atoms with Crippen molar-refractivity contribution in [2.45, 2.75) is 20.8 Å². The molecule has 0 aliphatic carbocycles. The number of imidazole rings is 1. The molecule has 0 aliphatic heterocycles. The molecular formula is C6H12N2O. The predicted molar refractivity (Wildman–Crippen MR) is 35.5 cm³/mol. The topological polar surface area (TPSA) is 38.0 Å². The zero-order valence-corrected chi connectivity index (χ0v) is 6.00. The van der Waals surface area contributed by atoms with Crippen LogP contribution in [0.4, 0.5) is 0 Å². The van der Waals surface area contributed by atoms with Gasteiger partial charge in [-0.05, 0) is 6.92 Å². The van der Waals surface area contributed by atoms with Crippen LogP contribution in [0.1, 0.15) is 19.7 Å². The second-order valence-corrected chi connectivity index (χ2v) is 1.32. The Morgan fingerprint density at radius 2 is 2.11 bits per heavy atom. The normalized spacial score (nSPS) is 7.89. The molecule has 0 aromatic carbocycles. The van der Waals surface area contributed by atoms with Crippen LogP contribution in [0.3, 0.4) is 0 Å². The van der Waals surface area contributed by atoms with Gasteiger partial charge in [-0.3, -0.25) is 0 Å². The summed E-state index contributed by atoms with van der Waals surface area (Å²) in [5.74, 6) is 0.611. The summed E-state index contributed by atoms with van der Waals surface area (Å²) in [5, 5.41) is 8.61. The Kier molecular flexibility index (Phi) is 3.51. The van der Waals surface area contributed by atoms with Gasteiger partial charge < -0.3 is 5.21 Å².